The van der Waals surface area contributed by atoms with Crippen LogP contribution >= 0.6 is 103 Å². The van der Waals surface area contributed by atoms with Gasteiger partial charge in [-0.1, -0.05) is 13.8 Å². The van der Waals surface area contributed by atoms with Crippen molar-refractivity contribution in [2.45, 2.75) is 39.7 Å². The SMILES string of the molecule is CCN(CC)CCCN(C(C)=O)[C@H](Cc1cc(I)c(Oc2cc(I)c(O)c(I)c2)c(I)c1)C(=O)O.Cl. The van der Waals surface area contributed by atoms with Gasteiger partial charge in [-0.15, -0.1) is 12.4 Å². The van der Waals surface area contributed by atoms with Gasteiger partial charge in [-0.2, -0.15) is 0 Å². The van der Waals surface area contributed by atoms with E-state index in [1.54, 1.807) is 12.1 Å². The Morgan fingerprint density at radius 2 is 1.47 bits per heavy atom. The van der Waals surface area contributed by atoms with Gasteiger partial charge in [-0.25, -0.2) is 4.79 Å². The summed E-state index contributed by atoms with van der Waals surface area (Å²) in [7, 11) is 0. The normalized spacial score (nSPS) is 11.7. The van der Waals surface area contributed by atoms with Gasteiger partial charge in [0.05, 0.1) is 14.3 Å². The molecule has 0 saturated carbocycles. The zero-order chi connectivity index (χ0) is 26.3. The summed E-state index contributed by atoms with van der Waals surface area (Å²) in [6, 6.07) is 6.39. The van der Waals surface area contributed by atoms with Gasteiger partial charge in [0.25, 0.3) is 0 Å². The second-order valence-corrected chi connectivity index (χ2v) is 12.5. The fourth-order valence-electron chi connectivity index (χ4n) is 3.64. The topological polar surface area (TPSA) is 90.3 Å². The van der Waals surface area contributed by atoms with Crippen LogP contribution < -0.4 is 4.74 Å². The maximum absolute atomic E-state index is 12.4. The summed E-state index contributed by atoms with van der Waals surface area (Å²) >= 11 is 8.48. The number of carbonyl (C=O) groups excluding carboxylic acids is 1. The molecule has 1 amide bonds. The summed E-state index contributed by atoms with van der Waals surface area (Å²) in [4.78, 5) is 28.3. The fraction of sp³-hybridized carbons (Fsp3) is 0.417. The molecule has 200 valence electrons. The third kappa shape index (κ3) is 9.72. The fourth-order valence-corrected chi connectivity index (χ4v) is 7.47. The van der Waals surface area contributed by atoms with Crippen molar-refractivity contribution in [1.29, 1.82) is 0 Å². The van der Waals surface area contributed by atoms with Crippen molar-refractivity contribution in [3.8, 4) is 17.2 Å². The Balaban J connectivity index is 0.00000648. The summed E-state index contributed by atoms with van der Waals surface area (Å²) in [6.45, 7) is 8.67. The maximum Gasteiger partial charge on any atom is 0.326 e. The van der Waals surface area contributed by atoms with E-state index in [2.05, 4.69) is 109 Å². The first kappa shape index (κ1) is 34.2. The number of aliphatic carboxylic acids is 1. The monoisotopic (exact) mass is 968 g/mol. The number of halogens is 5. The lowest BCUT2D eigenvalue weighted by Gasteiger charge is -2.29. The molecule has 0 heterocycles. The number of carbonyl (C=O) groups is 2. The number of carboxylic acids is 1. The molecule has 2 aromatic carbocycles. The molecular weight excluding hydrogens is 939 g/mol. The third-order valence-electron chi connectivity index (χ3n) is 5.53. The van der Waals surface area contributed by atoms with Gasteiger partial charge < -0.3 is 24.7 Å². The van der Waals surface area contributed by atoms with Gasteiger partial charge >= 0.3 is 5.97 Å². The van der Waals surface area contributed by atoms with Crippen LogP contribution in [-0.4, -0.2) is 64.1 Å². The van der Waals surface area contributed by atoms with E-state index < -0.39 is 12.0 Å². The smallest absolute Gasteiger partial charge is 0.326 e. The summed E-state index contributed by atoms with van der Waals surface area (Å²) in [5, 5.41) is 20.0. The third-order valence-corrected chi connectivity index (χ3v) is 8.78. The molecule has 2 aromatic rings. The van der Waals surface area contributed by atoms with Gasteiger partial charge in [-0.05, 0) is 146 Å². The number of carboxylic acid groups (broad SMARTS) is 1. The predicted molar refractivity (Wildman–Crippen MR) is 178 cm³/mol. The molecule has 0 spiro atoms. The second kappa shape index (κ2) is 16.3. The van der Waals surface area contributed by atoms with E-state index >= 15 is 0 Å². The number of rotatable bonds is 12. The zero-order valence-electron chi connectivity index (χ0n) is 20.1. The number of hydrogen-bond acceptors (Lipinski definition) is 5. The molecule has 7 nitrogen and oxygen atoms in total. The molecule has 0 radical (unpaired) electrons. The number of aromatic hydroxyl groups is 1. The van der Waals surface area contributed by atoms with Crippen molar-refractivity contribution in [3.63, 3.8) is 0 Å². The highest BCUT2D eigenvalue weighted by molar-refractivity contribution is 14.1. The molecule has 2 N–H and O–H groups in total. The highest BCUT2D eigenvalue weighted by Gasteiger charge is 2.28. The van der Waals surface area contributed by atoms with Crippen LogP contribution in [0.2, 0.25) is 0 Å². The Morgan fingerprint density at radius 1 is 0.944 bits per heavy atom. The van der Waals surface area contributed by atoms with E-state index in [1.165, 1.54) is 11.8 Å². The molecule has 1 atom stereocenters. The van der Waals surface area contributed by atoms with Crippen LogP contribution in [0.15, 0.2) is 24.3 Å². The Bertz CT molecular complexity index is 1020. The standard InChI is InChI=1S/C24H28I4N2O5.ClH/c1-4-29(5-2)7-6-8-30(14(3)31)21(24(33)34)11-15-9-19(27)23(20(28)10-15)35-16-12-17(25)22(32)18(26)13-16;/h9-10,12-13,21,32H,4-8,11H2,1-3H3,(H,33,34);1H/t21-;/m1./s1. The van der Waals surface area contributed by atoms with E-state index in [4.69, 9.17) is 4.74 Å². The van der Waals surface area contributed by atoms with Crippen LogP contribution in [0.25, 0.3) is 0 Å². The van der Waals surface area contributed by atoms with Crippen molar-refractivity contribution in [1.82, 2.24) is 9.80 Å². The van der Waals surface area contributed by atoms with Gasteiger partial charge in [0, 0.05) is 19.9 Å². The van der Waals surface area contributed by atoms with Gasteiger partial charge in [-0.3, -0.25) is 4.79 Å². The quantitative estimate of drug-likeness (QED) is 0.234. The molecule has 0 saturated heterocycles. The van der Waals surface area contributed by atoms with Crippen LogP contribution in [-0.2, 0) is 16.0 Å². The molecule has 0 aliphatic carbocycles. The average molecular weight is 969 g/mol. The number of ether oxygens (including phenoxy) is 1. The minimum Gasteiger partial charge on any atom is -0.506 e. The summed E-state index contributed by atoms with van der Waals surface area (Å²) < 4.78 is 9.19. The van der Waals surface area contributed by atoms with E-state index in [9.17, 15) is 19.8 Å². The number of nitrogens with zero attached hydrogens (tertiary/aromatic N) is 2. The summed E-state index contributed by atoms with van der Waals surface area (Å²) in [5.41, 5.74) is 0.823. The van der Waals surface area contributed by atoms with Crippen LogP contribution in [0.1, 0.15) is 32.8 Å². The first-order valence-corrected chi connectivity index (χ1v) is 15.4. The number of benzene rings is 2. The Hall–Kier alpha value is 0.150. The Labute approximate surface area is 273 Å². The molecule has 0 aliphatic rings. The Morgan fingerprint density at radius 3 is 1.92 bits per heavy atom. The van der Waals surface area contributed by atoms with E-state index in [0.29, 0.717) is 25.2 Å². The second-order valence-electron chi connectivity index (χ2n) is 7.88. The maximum atomic E-state index is 12.4. The van der Waals surface area contributed by atoms with Crippen molar-refractivity contribution in [3.05, 3.63) is 44.1 Å². The molecular formula is C24H29ClI4N2O5. The number of phenolic OH excluding ortho intramolecular Hbond substituents is 1. The zero-order valence-corrected chi connectivity index (χ0v) is 29.5. The highest BCUT2D eigenvalue weighted by atomic mass is 127. The minimum atomic E-state index is -1.01. The van der Waals surface area contributed by atoms with Crippen LogP contribution in [0.5, 0.6) is 17.2 Å². The molecule has 0 aromatic heterocycles. The van der Waals surface area contributed by atoms with Gasteiger partial charge in [0.15, 0.2) is 5.75 Å². The predicted octanol–water partition coefficient (Wildman–Crippen LogP) is 6.60. The number of hydrogen-bond donors (Lipinski definition) is 2. The number of phenols is 1. The number of amides is 1. The van der Waals surface area contributed by atoms with Crippen molar-refractivity contribution < 1.29 is 24.5 Å². The van der Waals surface area contributed by atoms with Gasteiger partial charge in [0.2, 0.25) is 5.91 Å². The lowest BCUT2D eigenvalue weighted by Crippen LogP contribution is -2.46. The van der Waals surface area contributed by atoms with Crippen molar-refractivity contribution >= 4 is 115 Å². The molecule has 0 fully saturated rings. The van der Waals surface area contributed by atoms with Crippen LogP contribution in [0, 0.1) is 14.3 Å². The van der Waals surface area contributed by atoms with Crippen molar-refractivity contribution in [2.75, 3.05) is 26.2 Å². The van der Waals surface area contributed by atoms with Gasteiger partial charge in [0.1, 0.15) is 17.5 Å². The van der Waals surface area contributed by atoms with Crippen LogP contribution in [0.4, 0.5) is 0 Å². The van der Waals surface area contributed by atoms with E-state index in [-0.39, 0.29) is 30.5 Å². The lowest BCUT2D eigenvalue weighted by molar-refractivity contribution is -0.149. The van der Waals surface area contributed by atoms with E-state index in [0.717, 1.165) is 38.8 Å². The first-order chi connectivity index (χ1) is 16.5. The largest absolute Gasteiger partial charge is 0.506 e. The lowest BCUT2D eigenvalue weighted by atomic mass is 10.0. The minimum absolute atomic E-state index is 0. The van der Waals surface area contributed by atoms with Crippen molar-refractivity contribution in [2.24, 2.45) is 0 Å². The first-order valence-electron chi connectivity index (χ1n) is 11.0. The summed E-state index contributed by atoms with van der Waals surface area (Å²) in [6.07, 6.45) is 0.929. The molecule has 2 rings (SSSR count). The van der Waals surface area contributed by atoms with Crippen LogP contribution in [0.3, 0.4) is 0 Å². The molecule has 0 bridgehead atoms. The Kier molecular flexibility index (Phi) is 15.5. The summed E-state index contributed by atoms with van der Waals surface area (Å²) in [5.74, 6) is 0.255. The molecule has 0 unspecified atom stereocenters. The van der Waals surface area contributed by atoms with E-state index in [1.807, 2.05) is 12.1 Å². The average Bonchev–Trinajstić information content (AvgIpc) is 2.78. The molecule has 0 aliphatic heterocycles. The highest BCUT2D eigenvalue weighted by Crippen LogP contribution is 2.37. The molecule has 36 heavy (non-hydrogen) atoms. The molecule has 12 heteroatoms.